The first-order valence-corrected chi connectivity index (χ1v) is 11.5. The molecule has 172 valence electrons. The number of aryl methyl sites for hydroxylation is 1. The number of benzene rings is 2. The van der Waals surface area contributed by atoms with Gasteiger partial charge in [0.05, 0.1) is 0 Å². The van der Waals surface area contributed by atoms with E-state index >= 15 is 0 Å². The van der Waals surface area contributed by atoms with Crippen LogP contribution in [0.15, 0.2) is 55.2 Å². The molecule has 3 heterocycles. The number of fused-ring (bicyclic) bond motifs is 1. The molecule has 1 saturated heterocycles. The lowest BCUT2D eigenvalue weighted by atomic mass is 9.97. The monoisotopic (exact) mass is 450 g/mol. The van der Waals surface area contributed by atoms with Crippen LogP contribution in [0.4, 0.5) is 8.78 Å². The molecule has 1 unspecified atom stereocenters. The summed E-state index contributed by atoms with van der Waals surface area (Å²) < 4.78 is 29.1. The fraction of sp³-hybridized carbons (Fsp3) is 0.360. The predicted octanol–water partition coefficient (Wildman–Crippen LogP) is 3.87. The van der Waals surface area contributed by atoms with Crippen LogP contribution in [-0.2, 0) is 12.8 Å². The van der Waals surface area contributed by atoms with E-state index in [0.29, 0.717) is 6.04 Å². The summed E-state index contributed by atoms with van der Waals surface area (Å²) in [6.07, 6.45) is 9.18. The molecule has 2 aromatic carbocycles. The summed E-state index contributed by atoms with van der Waals surface area (Å²) in [6.45, 7) is 3.87. The number of halogens is 2. The maximum atomic E-state index is 13.8. The smallest absolute Gasteiger partial charge is 0.159 e. The number of aromatic nitrogens is 4. The first-order chi connectivity index (χ1) is 16.2. The quantitative estimate of drug-likeness (QED) is 0.428. The van der Waals surface area contributed by atoms with E-state index in [2.05, 4.69) is 43.7 Å². The van der Waals surface area contributed by atoms with Crippen LogP contribution in [0.25, 0.3) is 16.6 Å². The Morgan fingerprint density at radius 1 is 0.970 bits per heavy atom. The minimum absolute atomic E-state index is 0.301. The van der Waals surface area contributed by atoms with Crippen LogP contribution < -0.4 is 5.32 Å². The van der Waals surface area contributed by atoms with Gasteiger partial charge in [0.15, 0.2) is 11.6 Å². The second-order valence-corrected chi connectivity index (χ2v) is 8.70. The summed E-state index contributed by atoms with van der Waals surface area (Å²) in [6, 6.07) is 10.9. The van der Waals surface area contributed by atoms with Crippen LogP contribution >= 0.6 is 0 Å². The van der Waals surface area contributed by atoms with Gasteiger partial charge in [-0.05, 0) is 67.1 Å². The van der Waals surface area contributed by atoms with E-state index in [-0.39, 0.29) is 0 Å². The van der Waals surface area contributed by atoms with E-state index in [0.717, 1.165) is 68.6 Å². The molecular formula is C25H28F2N6. The van der Waals surface area contributed by atoms with Crippen molar-refractivity contribution in [2.45, 2.75) is 31.7 Å². The molecule has 0 aliphatic carbocycles. The van der Waals surface area contributed by atoms with Gasteiger partial charge in [-0.15, -0.1) is 10.2 Å². The Bertz CT molecular complexity index is 1200. The zero-order valence-corrected chi connectivity index (χ0v) is 18.5. The average molecular weight is 451 g/mol. The Morgan fingerprint density at radius 3 is 2.58 bits per heavy atom. The van der Waals surface area contributed by atoms with Crippen LogP contribution in [0.1, 0.15) is 24.0 Å². The number of rotatable bonds is 8. The van der Waals surface area contributed by atoms with Crippen molar-refractivity contribution in [3.63, 3.8) is 0 Å². The fourth-order valence-electron chi connectivity index (χ4n) is 4.80. The molecule has 1 aliphatic heterocycles. The summed E-state index contributed by atoms with van der Waals surface area (Å²) in [4.78, 5) is 5.86. The summed E-state index contributed by atoms with van der Waals surface area (Å²) >= 11 is 0. The largest absolute Gasteiger partial charge is 0.361 e. The molecule has 0 saturated carbocycles. The highest BCUT2D eigenvalue weighted by Gasteiger charge is 2.21. The Morgan fingerprint density at radius 2 is 1.79 bits per heavy atom. The van der Waals surface area contributed by atoms with Crippen molar-refractivity contribution in [3.05, 3.63) is 78.0 Å². The first kappa shape index (κ1) is 21.7. The van der Waals surface area contributed by atoms with Gasteiger partial charge in [-0.3, -0.25) is 9.47 Å². The second-order valence-electron chi connectivity index (χ2n) is 8.70. The van der Waals surface area contributed by atoms with Gasteiger partial charge in [0.25, 0.3) is 0 Å². The number of hydrogen-bond acceptors (Lipinski definition) is 4. The molecular weight excluding hydrogens is 422 g/mol. The number of H-pyrrole nitrogens is 1. The SMILES string of the molecule is Fc1ccc(CC(CCCc2c[nH]c3ccc(-n4cnnc4)cc23)N2CCNCC2)cc1F. The lowest BCUT2D eigenvalue weighted by Gasteiger charge is -2.35. The number of aromatic amines is 1. The van der Waals surface area contributed by atoms with E-state index in [1.807, 2.05) is 10.6 Å². The predicted molar refractivity (Wildman–Crippen MR) is 124 cm³/mol. The highest BCUT2D eigenvalue weighted by Crippen LogP contribution is 2.24. The molecule has 8 heteroatoms. The van der Waals surface area contributed by atoms with E-state index in [1.165, 1.54) is 23.1 Å². The molecule has 0 radical (unpaired) electrons. The van der Waals surface area contributed by atoms with Crippen LogP contribution in [-0.4, -0.2) is 56.9 Å². The third kappa shape index (κ3) is 4.96. The van der Waals surface area contributed by atoms with Gasteiger partial charge in [0, 0.05) is 55.0 Å². The van der Waals surface area contributed by atoms with Gasteiger partial charge in [-0.2, -0.15) is 0 Å². The summed E-state index contributed by atoms with van der Waals surface area (Å²) in [7, 11) is 0. The zero-order valence-electron chi connectivity index (χ0n) is 18.5. The van der Waals surface area contributed by atoms with Crippen LogP contribution in [0.2, 0.25) is 0 Å². The number of piperazine rings is 1. The summed E-state index contributed by atoms with van der Waals surface area (Å²) in [5.41, 5.74) is 4.28. The minimum Gasteiger partial charge on any atom is -0.361 e. The van der Waals surface area contributed by atoms with Gasteiger partial charge in [0.1, 0.15) is 12.7 Å². The molecule has 6 nitrogen and oxygen atoms in total. The normalized spacial score (nSPS) is 15.8. The number of nitrogens with zero attached hydrogens (tertiary/aromatic N) is 4. The van der Waals surface area contributed by atoms with Gasteiger partial charge < -0.3 is 10.3 Å². The number of hydrogen-bond donors (Lipinski definition) is 2. The van der Waals surface area contributed by atoms with Crippen LogP contribution in [0.5, 0.6) is 0 Å². The molecule has 1 atom stereocenters. The highest BCUT2D eigenvalue weighted by molar-refractivity contribution is 5.85. The lowest BCUT2D eigenvalue weighted by molar-refractivity contribution is 0.161. The molecule has 1 aliphatic rings. The molecule has 2 N–H and O–H groups in total. The van der Waals surface area contributed by atoms with Gasteiger partial charge in [0.2, 0.25) is 0 Å². The van der Waals surface area contributed by atoms with Crippen molar-refractivity contribution in [2.24, 2.45) is 0 Å². The topological polar surface area (TPSA) is 61.8 Å². The molecule has 33 heavy (non-hydrogen) atoms. The Balaban J connectivity index is 1.29. The standard InChI is InChI=1S/C25H28F2N6/c26-23-6-4-18(13-24(23)27)12-20(32-10-8-28-9-11-32)3-1-2-19-15-29-25-7-5-21(14-22(19)25)33-16-30-31-17-33/h4-7,13-17,20,28-29H,1-3,8-12H2. The molecule has 0 bridgehead atoms. The van der Waals surface area contributed by atoms with E-state index in [9.17, 15) is 8.78 Å². The maximum absolute atomic E-state index is 13.8. The van der Waals surface area contributed by atoms with Crippen LogP contribution in [0, 0.1) is 11.6 Å². The van der Waals surface area contributed by atoms with Crippen molar-refractivity contribution < 1.29 is 8.78 Å². The molecule has 2 aromatic heterocycles. The van der Waals surface area contributed by atoms with Crippen molar-refractivity contribution >= 4 is 10.9 Å². The Kier molecular flexibility index (Phi) is 6.46. The Labute approximate surface area is 191 Å². The molecule has 5 rings (SSSR count). The van der Waals surface area contributed by atoms with Crippen molar-refractivity contribution in [3.8, 4) is 5.69 Å². The Hall–Kier alpha value is -3.10. The summed E-state index contributed by atoms with van der Waals surface area (Å²) in [5, 5.41) is 12.4. The lowest BCUT2D eigenvalue weighted by Crippen LogP contribution is -2.49. The molecule has 0 spiro atoms. The van der Waals surface area contributed by atoms with E-state index < -0.39 is 11.6 Å². The van der Waals surface area contributed by atoms with Crippen LogP contribution in [0.3, 0.4) is 0 Å². The average Bonchev–Trinajstić information content (AvgIpc) is 3.51. The molecule has 0 amide bonds. The van der Waals surface area contributed by atoms with Gasteiger partial charge in [-0.25, -0.2) is 8.78 Å². The van der Waals surface area contributed by atoms with E-state index in [1.54, 1.807) is 18.7 Å². The van der Waals surface area contributed by atoms with E-state index in [4.69, 9.17) is 0 Å². The highest BCUT2D eigenvalue weighted by atomic mass is 19.2. The minimum atomic E-state index is -0.789. The van der Waals surface area contributed by atoms with Gasteiger partial charge >= 0.3 is 0 Å². The second kappa shape index (κ2) is 9.80. The zero-order chi connectivity index (χ0) is 22.6. The maximum Gasteiger partial charge on any atom is 0.159 e. The third-order valence-electron chi connectivity index (χ3n) is 6.57. The van der Waals surface area contributed by atoms with Crippen molar-refractivity contribution in [2.75, 3.05) is 26.2 Å². The fourth-order valence-corrected chi connectivity index (χ4v) is 4.80. The van der Waals surface area contributed by atoms with Crippen molar-refractivity contribution in [1.82, 2.24) is 30.0 Å². The summed E-state index contributed by atoms with van der Waals surface area (Å²) in [5.74, 6) is -1.56. The molecule has 4 aromatic rings. The van der Waals surface area contributed by atoms with Gasteiger partial charge in [-0.1, -0.05) is 6.07 Å². The third-order valence-corrected chi connectivity index (χ3v) is 6.57. The molecule has 1 fully saturated rings. The number of nitrogens with one attached hydrogen (secondary N) is 2. The first-order valence-electron chi connectivity index (χ1n) is 11.5. The van der Waals surface area contributed by atoms with Crippen molar-refractivity contribution in [1.29, 1.82) is 0 Å².